The molecule has 0 heteroatoms. The van der Waals surface area contributed by atoms with Crippen LogP contribution in [-0.2, 0) is 0 Å². The second kappa shape index (κ2) is 10.7. The lowest BCUT2D eigenvalue weighted by Gasteiger charge is -2.17. The Morgan fingerprint density at radius 2 is 0.667 bits per heavy atom. The SMILES string of the molecule is c1ccc2cc(-c3ccc4cc(-c5cc6cc(-c7cccc8ccccc78)c7ccccc7c6c6ccccc56)ccc4c3)ccc2c1. The van der Waals surface area contributed by atoms with Crippen molar-refractivity contribution in [2.75, 3.05) is 0 Å². The average molecular weight is 607 g/mol. The van der Waals surface area contributed by atoms with E-state index in [1.54, 1.807) is 0 Å². The number of benzene rings is 10. The van der Waals surface area contributed by atoms with Crippen LogP contribution in [0.25, 0.3) is 98.0 Å². The summed E-state index contributed by atoms with van der Waals surface area (Å²) in [6.45, 7) is 0. The number of rotatable bonds is 3. The molecule has 0 aliphatic rings. The second-order valence-corrected chi connectivity index (χ2v) is 12.9. The van der Waals surface area contributed by atoms with Gasteiger partial charge in [0.05, 0.1) is 0 Å². The first kappa shape index (κ1) is 26.9. The highest BCUT2D eigenvalue weighted by molar-refractivity contribution is 6.26. The molecule has 0 heterocycles. The van der Waals surface area contributed by atoms with Gasteiger partial charge in [0.2, 0.25) is 0 Å². The van der Waals surface area contributed by atoms with Crippen molar-refractivity contribution in [3.05, 3.63) is 182 Å². The van der Waals surface area contributed by atoms with Gasteiger partial charge >= 0.3 is 0 Å². The number of hydrogen-bond donors (Lipinski definition) is 0. The molecule has 0 amide bonds. The molecule has 0 unspecified atom stereocenters. The Bertz CT molecular complexity index is 2890. The van der Waals surface area contributed by atoms with Gasteiger partial charge in [-0.2, -0.15) is 0 Å². The van der Waals surface area contributed by atoms with Crippen molar-refractivity contribution in [2.45, 2.75) is 0 Å². The predicted molar refractivity (Wildman–Crippen MR) is 208 cm³/mol. The molecule has 0 nitrogen and oxygen atoms in total. The molecular formula is C48H30. The van der Waals surface area contributed by atoms with E-state index >= 15 is 0 Å². The molecule has 0 N–H and O–H groups in total. The normalized spacial score (nSPS) is 11.8. The van der Waals surface area contributed by atoms with E-state index < -0.39 is 0 Å². The molecule has 0 fully saturated rings. The van der Waals surface area contributed by atoms with Crippen molar-refractivity contribution in [1.29, 1.82) is 0 Å². The minimum absolute atomic E-state index is 1.24. The first-order valence-electron chi connectivity index (χ1n) is 16.7. The minimum atomic E-state index is 1.24. The summed E-state index contributed by atoms with van der Waals surface area (Å²) in [7, 11) is 0. The summed E-state index contributed by atoms with van der Waals surface area (Å²) in [6.07, 6.45) is 0. The fourth-order valence-electron chi connectivity index (χ4n) is 7.86. The minimum Gasteiger partial charge on any atom is -0.0616 e. The Balaban J connectivity index is 1.18. The Morgan fingerprint density at radius 1 is 0.208 bits per heavy atom. The van der Waals surface area contributed by atoms with Crippen molar-refractivity contribution in [1.82, 2.24) is 0 Å². The van der Waals surface area contributed by atoms with Crippen molar-refractivity contribution in [3.8, 4) is 33.4 Å². The first-order valence-corrected chi connectivity index (χ1v) is 16.7. The zero-order valence-corrected chi connectivity index (χ0v) is 26.3. The highest BCUT2D eigenvalue weighted by Gasteiger charge is 2.16. The van der Waals surface area contributed by atoms with Gasteiger partial charge in [0, 0.05) is 0 Å². The van der Waals surface area contributed by atoms with Gasteiger partial charge in [0.25, 0.3) is 0 Å². The van der Waals surface area contributed by atoms with Crippen LogP contribution in [0.3, 0.4) is 0 Å². The summed E-state index contributed by atoms with van der Waals surface area (Å²) in [5.74, 6) is 0. The average Bonchev–Trinajstić information content (AvgIpc) is 3.16. The molecule has 222 valence electrons. The van der Waals surface area contributed by atoms with E-state index in [0.29, 0.717) is 0 Å². The summed E-state index contributed by atoms with van der Waals surface area (Å²) in [6, 6.07) is 67.2. The molecule has 10 aromatic carbocycles. The maximum atomic E-state index is 2.42. The Labute approximate surface area is 279 Å². The molecule has 0 saturated carbocycles. The fourth-order valence-corrected chi connectivity index (χ4v) is 7.86. The molecule has 0 spiro atoms. The second-order valence-electron chi connectivity index (χ2n) is 12.9. The van der Waals surface area contributed by atoms with Crippen LogP contribution in [-0.4, -0.2) is 0 Å². The Morgan fingerprint density at radius 3 is 1.38 bits per heavy atom. The lowest BCUT2D eigenvalue weighted by Crippen LogP contribution is -1.90. The van der Waals surface area contributed by atoms with E-state index in [2.05, 4.69) is 182 Å². The number of hydrogen-bond acceptors (Lipinski definition) is 0. The van der Waals surface area contributed by atoms with E-state index in [4.69, 9.17) is 0 Å². The third-order valence-electron chi connectivity index (χ3n) is 10.2. The van der Waals surface area contributed by atoms with Crippen LogP contribution in [0.2, 0.25) is 0 Å². The van der Waals surface area contributed by atoms with Crippen LogP contribution in [0.4, 0.5) is 0 Å². The Kier molecular flexibility index (Phi) is 5.98. The monoisotopic (exact) mass is 606 g/mol. The van der Waals surface area contributed by atoms with Gasteiger partial charge in [-0.05, 0) is 128 Å². The number of fused-ring (bicyclic) bond motifs is 8. The maximum Gasteiger partial charge on any atom is -0.00259 e. The smallest absolute Gasteiger partial charge is 0.00259 e. The van der Waals surface area contributed by atoms with Crippen LogP contribution in [0, 0.1) is 0 Å². The topological polar surface area (TPSA) is 0 Å². The van der Waals surface area contributed by atoms with Crippen LogP contribution >= 0.6 is 0 Å². The summed E-state index contributed by atoms with van der Waals surface area (Å²) < 4.78 is 0. The quantitative estimate of drug-likeness (QED) is 0.176. The zero-order chi connectivity index (χ0) is 31.6. The lowest BCUT2D eigenvalue weighted by molar-refractivity contribution is 1.66. The highest BCUT2D eigenvalue weighted by atomic mass is 14.2. The Hall–Kier alpha value is -6.24. The van der Waals surface area contributed by atoms with Gasteiger partial charge in [-0.25, -0.2) is 0 Å². The van der Waals surface area contributed by atoms with E-state index in [9.17, 15) is 0 Å². The molecule has 0 bridgehead atoms. The molecule has 0 saturated heterocycles. The van der Waals surface area contributed by atoms with Crippen LogP contribution in [0.15, 0.2) is 182 Å². The van der Waals surface area contributed by atoms with Gasteiger partial charge in [-0.1, -0.05) is 152 Å². The molecule has 0 radical (unpaired) electrons. The predicted octanol–water partition coefficient (Wildman–Crippen LogP) is 13.6. The van der Waals surface area contributed by atoms with Crippen LogP contribution < -0.4 is 0 Å². The molecule has 0 aromatic heterocycles. The third-order valence-corrected chi connectivity index (χ3v) is 10.2. The van der Waals surface area contributed by atoms with Gasteiger partial charge in [0.1, 0.15) is 0 Å². The van der Waals surface area contributed by atoms with Crippen LogP contribution in [0.5, 0.6) is 0 Å². The molecule has 10 rings (SSSR count). The summed E-state index contributed by atoms with van der Waals surface area (Å²) in [5, 5.41) is 15.3. The van der Waals surface area contributed by atoms with E-state index in [0.717, 1.165) is 0 Å². The molecule has 0 aliphatic carbocycles. The van der Waals surface area contributed by atoms with E-state index in [1.165, 1.54) is 98.0 Å². The molecule has 48 heavy (non-hydrogen) atoms. The first-order chi connectivity index (χ1) is 23.8. The van der Waals surface area contributed by atoms with Crippen LogP contribution in [0.1, 0.15) is 0 Å². The maximum absolute atomic E-state index is 2.42. The highest BCUT2D eigenvalue weighted by Crippen LogP contribution is 2.43. The largest absolute Gasteiger partial charge is 0.0616 e. The molecular weight excluding hydrogens is 577 g/mol. The molecule has 10 aromatic rings. The summed E-state index contributed by atoms with van der Waals surface area (Å²) >= 11 is 0. The molecule has 0 aliphatic heterocycles. The van der Waals surface area contributed by atoms with Gasteiger partial charge in [-0.15, -0.1) is 0 Å². The summed E-state index contributed by atoms with van der Waals surface area (Å²) in [5.41, 5.74) is 7.53. The standard InChI is InChI=1S/C48H30/c1-2-12-33-26-34(21-20-31(33)10-1)35-22-23-37-28-38(25-24-36(37)27-35)46-29-39-30-47(41-19-9-13-32-11-3-4-14-40(32)41)43-16-6-8-18-45(43)48(39)44-17-7-5-15-42(44)46/h1-30H. The van der Waals surface area contributed by atoms with Gasteiger partial charge < -0.3 is 0 Å². The van der Waals surface area contributed by atoms with E-state index in [-0.39, 0.29) is 0 Å². The van der Waals surface area contributed by atoms with E-state index in [1.807, 2.05) is 0 Å². The van der Waals surface area contributed by atoms with Gasteiger partial charge in [-0.3, -0.25) is 0 Å². The summed E-state index contributed by atoms with van der Waals surface area (Å²) in [4.78, 5) is 0. The zero-order valence-electron chi connectivity index (χ0n) is 26.3. The fraction of sp³-hybridized carbons (Fsp3) is 0. The van der Waals surface area contributed by atoms with Gasteiger partial charge in [0.15, 0.2) is 0 Å². The van der Waals surface area contributed by atoms with Crippen molar-refractivity contribution in [3.63, 3.8) is 0 Å². The lowest BCUT2D eigenvalue weighted by atomic mass is 9.86. The molecule has 0 atom stereocenters. The third kappa shape index (κ3) is 4.24. The van der Waals surface area contributed by atoms with Crippen molar-refractivity contribution >= 4 is 64.6 Å². The van der Waals surface area contributed by atoms with Crippen molar-refractivity contribution < 1.29 is 0 Å². The van der Waals surface area contributed by atoms with Crippen molar-refractivity contribution in [2.24, 2.45) is 0 Å².